The van der Waals surface area contributed by atoms with E-state index in [9.17, 15) is 0 Å². The van der Waals surface area contributed by atoms with Crippen LogP contribution in [-0.2, 0) is 0 Å². The highest BCUT2D eigenvalue weighted by molar-refractivity contribution is 6.99. The molecule has 2 aliphatic rings. The van der Waals surface area contributed by atoms with Crippen LogP contribution in [0.15, 0.2) is 24.3 Å². The SMILES string of the molecule is Clc1ccccc1C#CCOc1nsnc1[C@H]1CN2CCC[C@H]1C2. The summed E-state index contributed by atoms with van der Waals surface area (Å²) in [7, 11) is 0. The van der Waals surface area contributed by atoms with E-state index < -0.39 is 0 Å². The van der Waals surface area contributed by atoms with Gasteiger partial charge in [0.15, 0.2) is 6.61 Å². The summed E-state index contributed by atoms with van der Waals surface area (Å²) in [6.45, 7) is 3.78. The molecular weight excluding hydrogens is 342 g/mol. The lowest BCUT2D eigenvalue weighted by molar-refractivity contribution is 0.269. The second-order valence-electron chi connectivity index (χ2n) is 6.29. The fourth-order valence-electron chi connectivity index (χ4n) is 3.63. The van der Waals surface area contributed by atoms with Gasteiger partial charge in [-0.25, -0.2) is 0 Å². The smallest absolute Gasteiger partial charge is 0.250 e. The summed E-state index contributed by atoms with van der Waals surface area (Å²) in [5.41, 5.74) is 1.84. The molecule has 1 aromatic carbocycles. The summed E-state index contributed by atoms with van der Waals surface area (Å²) in [5, 5.41) is 0.660. The topological polar surface area (TPSA) is 38.3 Å². The molecule has 6 heteroatoms. The molecule has 1 unspecified atom stereocenters. The summed E-state index contributed by atoms with van der Waals surface area (Å²) < 4.78 is 14.7. The van der Waals surface area contributed by atoms with Crippen molar-refractivity contribution in [2.24, 2.45) is 5.92 Å². The Labute approximate surface area is 151 Å². The second-order valence-corrected chi connectivity index (χ2v) is 7.23. The number of piperidine rings is 1. The van der Waals surface area contributed by atoms with Crippen molar-refractivity contribution >= 4 is 23.3 Å². The number of benzene rings is 1. The predicted molar refractivity (Wildman–Crippen MR) is 95.6 cm³/mol. The number of rotatable bonds is 3. The second kappa shape index (κ2) is 7.10. The molecule has 0 saturated carbocycles. The zero-order chi connectivity index (χ0) is 16.4. The maximum absolute atomic E-state index is 6.10. The predicted octanol–water partition coefficient (Wildman–Crippen LogP) is 3.43. The first-order valence-electron chi connectivity index (χ1n) is 8.22. The first-order valence-corrected chi connectivity index (χ1v) is 9.33. The Hall–Kier alpha value is -1.61. The van der Waals surface area contributed by atoms with Gasteiger partial charge in [-0.3, -0.25) is 0 Å². The molecule has 2 bridgehead atoms. The average Bonchev–Trinajstić information content (AvgIpc) is 3.17. The molecule has 24 heavy (non-hydrogen) atoms. The minimum absolute atomic E-state index is 0.296. The molecule has 3 atom stereocenters. The number of nitrogens with zero attached hydrogens (tertiary/aromatic N) is 3. The first-order chi connectivity index (χ1) is 11.8. The fourth-order valence-corrected chi connectivity index (χ4v) is 4.38. The van der Waals surface area contributed by atoms with Gasteiger partial charge >= 0.3 is 0 Å². The average molecular weight is 360 g/mol. The van der Waals surface area contributed by atoms with E-state index >= 15 is 0 Å². The molecule has 4 rings (SSSR count). The third kappa shape index (κ3) is 3.27. The van der Waals surface area contributed by atoms with Gasteiger partial charge in [0.1, 0.15) is 5.69 Å². The van der Waals surface area contributed by atoms with Crippen LogP contribution in [0.5, 0.6) is 5.88 Å². The maximum Gasteiger partial charge on any atom is 0.250 e. The highest BCUT2D eigenvalue weighted by atomic mass is 35.5. The van der Waals surface area contributed by atoms with E-state index in [1.54, 1.807) is 0 Å². The zero-order valence-electron chi connectivity index (χ0n) is 13.2. The molecule has 1 aromatic heterocycles. The molecule has 124 valence electrons. The lowest BCUT2D eigenvalue weighted by Crippen LogP contribution is -2.25. The highest BCUT2D eigenvalue weighted by Gasteiger charge is 2.39. The Balaban J connectivity index is 1.42. The van der Waals surface area contributed by atoms with Gasteiger partial charge in [0.05, 0.1) is 16.8 Å². The van der Waals surface area contributed by atoms with E-state index in [0.717, 1.165) is 17.8 Å². The van der Waals surface area contributed by atoms with Gasteiger partial charge < -0.3 is 9.64 Å². The van der Waals surface area contributed by atoms with Gasteiger partial charge in [-0.2, -0.15) is 4.37 Å². The standard InChI is InChI=1S/C18H18ClN3OS/c19-16-8-2-1-5-13(16)7-4-10-23-18-17(20-24-21-18)15-12-22-9-3-6-14(15)11-22/h1-2,5,8,14-15H,3,6,9-12H2/t14-,15-/m0/s1. The summed E-state index contributed by atoms with van der Waals surface area (Å²) in [6.07, 6.45) is 2.57. The summed E-state index contributed by atoms with van der Waals surface area (Å²) >= 11 is 7.33. The lowest BCUT2D eigenvalue weighted by atomic mass is 9.89. The van der Waals surface area contributed by atoms with E-state index in [1.165, 1.54) is 37.7 Å². The molecule has 0 N–H and O–H groups in total. The first kappa shape index (κ1) is 15.9. The van der Waals surface area contributed by atoms with Crippen molar-refractivity contribution in [3.8, 4) is 17.7 Å². The molecule has 4 nitrogen and oxygen atoms in total. The largest absolute Gasteiger partial charge is 0.463 e. The van der Waals surface area contributed by atoms with E-state index in [2.05, 4.69) is 25.5 Å². The summed E-state index contributed by atoms with van der Waals surface area (Å²) in [6, 6.07) is 7.55. The molecule has 2 saturated heterocycles. The van der Waals surface area contributed by atoms with Gasteiger partial charge in [-0.1, -0.05) is 35.6 Å². The van der Waals surface area contributed by atoms with Gasteiger partial charge in [-0.05, 0) is 37.4 Å². The number of ether oxygens (including phenoxy) is 1. The van der Waals surface area contributed by atoms with Crippen LogP contribution >= 0.6 is 23.3 Å². The molecular formula is C18H18ClN3OS. The van der Waals surface area contributed by atoms with Gasteiger partial charge in [0, 0.05) is 24.6 Å². The number of halogens is 1. The van der Waals surface area contributed by atoms with Gasteiger partial charge in [-0.15, -0.1) is 4.37 Å². The Morgan fingerprint density at radius 2 is 2.21 bits per heavy atom. The van der Waals surface area contributed by atoms with Crippen LogP contribution in [0, 0.1) is 17.8 Å². The van der Waals surface area contributed by atoms with Crippen LogP contribution in [0.25, 0.3) is 0 Å². The number of hydrogen-bond donors (Lipinski definition) is 0. The summed E-state index contributed by atoms with van der Waals surface area (Å²) in [5.74, 6) is 7.87. The summed E-state index contributed by atoms with van der Waals surface area (Å²) in [4.78, 5) is 2.53. The molecule has 2 aliphatic heterocycles. The number of fused-ring (bicyclic) bond motifs is 2. The van der Waals surface area contributed by atoms with Crippen molar-refractivity contribution in [2.75, 3.05) is 26.2 Å². The number of hydrogen-bond acceptors (Lipinski definition) is 5. The molecule has 0 spiro atoms. The highest BCUT2D eigenvalue weighted by Crippen LogP contribution is 2.40. The van der Waals surface area contributed by atoms with Crippen LogP contribution in [0.2, 0.25) is 5.02 Å². The Bertz CT molecular complexity index is 782. The van der Waals surface area contributed by atoms with Crippen molar-refractivity contribution in [3.05, 3.63) is 40.5 Å². The third-order valence-corrected chi connectivity index (χ3v) is 5.63. The molecule has 3 heterocycles. The molecule has 0 amide bonds. The van der Waals surface area contributed by atoms with E-state index in [-0.39, 0.29) is 0 Å². The molecule has 0 radical (unpaired) electrons. The molecule has 2 fully saturated rings. The monoisotopic (exact) mass is 359 g/mol. The van der Waals surface area contributed by atoms with Crippen LogP contribution in [0.1, 0.15) is 30.0 Å². The van der Waals surface area contributed by atoms with Crippen LogP contribution < -0.4 is 4.74 Å². The minimum Gasteiger partial charge on any atom is -0.463 e. The van der Waals surface area contributed by atoms with E-state index in [0.29, 0.717) is 29.3 Å². The minimum atomic E-state index is 0.296. The fraction of sp³-hybridized carbons (Fsp3) is 0.444. The van der Waals surface area contributed by atoms with Crippen LogP contribution in [-0.4, -0.2) is 39.9 Å². The van der Waals surface area contributed by atoms with E-state index in [4.69, 9.17) is 16.3 Å². The Kier molecular flexibility index (Phi) is 4.70. The zero-order valence-corrected chi connectivity index (χ0v) is 14.8. The van der Waals surface area contributed by atoms with E-state index in [1.807, 2.05) is 24.3 Å². The van der Waals surface area contributed by atoms with Crippen LogP contribution in [0.3, 0.4) is 0 Å². The Morgan fingerprint density at radius 3 is 3.08 bits per heavy atom. The van der Waals surface area contributed by atoms with Gasteiger partial charge in [0.2, 0.25) is 5.88 Å². The number of aromatic nitrogens is 2. The normalized spacial score (nSPS) is 25.1. The van der Waals surface area contributed by atoms with Crippen molar-refractivity contribution in [1.82, 2.24) is 13.6 Å². The van der Waals surface area contributed by atoms with Gasteiger partial charge in [0.25, 0.3) is 0 Å². The van der Waals surface area contributed by atoms with Crippen molar-refractivity contribution in [2.45, 2.75) is 18.8 Å². The quantitative estimate of drug-likeness (QED) is 0.787. The molecule has 0 aliphatic carbocycles. The van der Waals surface area contributed by atoms with Crippen molar-refractivity contribution in [3.63, 3.8) is 0 Å². The van der Waals surface area contributed by atoms with Crippen molar-refractivity contribution in [1.29, 1.82) is 0 Å². The van der Waals surface area contributed by atoms with Crippen LogP contribution in [0.4, 0.5) is 0 Å². The van der Waals surface area contributed by atoms with Crippen molar-refractivity contribution < 1.29 is 4.74 Å². The molecule has 2 aromatic rings. The third-order valence-electron chi connectivity index (χ3n) is 4.78. The maximum atomic E-state index is 6.10. The lowest BCUT2D eigenvalue weighted by Gasteiger charge is -2.21. The Morgan fingerprint density at radius 1 is 1.29 bits per heavy atom.